The third-order valence-electron chi connectivity index (χ3n) is 3.86. The van der Waals surface area contributed by atoms with Crippen LogP contribution in [0.2, 0.25) is 0 Å². The SMILES string of the molecule is CCCNCc1ccncc1N(CCOC)C(CC)CC. The van der Waals surface area contributed by atoms with Gasteiger partial charge < -0.3 is 15.0 Å². The molecule has 4 heteroatoms. The molecule has 0 aromatic carbocycles. The van der Waals surface area contributed by atoms with Crippen molar-refractivity contribution in [2.75, 3.05) is 31.7 Å². The standard InChI is InChI=1S/C17H31N3O/c1-5-9-18-13-15-8-10-19-14-17(15)20(11-12-21-4)16(6-2)7-3/h8,10,14,16,18H,5-7,9,11-13H2,1-4H3. The zero-order valence-corrected chi connectivity index (χ0v) is 14.1. The Morgan fingerprint density at radius 3 is 2.67 bits per heavy atom. The Balaban J connectivity index is 2.93. The van der Waals surface area contributed by atoms with Crippen LogP contribution >= 0.6 is 0 Å². The monoisotopic (exact) mass is 293 g/mol. The average Bonchev–Trinajstić information content (AvgIpc) is 2.52. The summed E-state index contributed by atoms with van der Waals surface area (Å²) in [5.74, 6) is 0. The Bertz CT molecular complexity index is 380. The minimum absolute atomic E-state index is 0.536. The Morgan fingerprint density at radius 2 is 2.05 bits per heavy atom. The zero-order valence-electron chi connectivity index (χ0n) is 14.1. The number of methoxy groups -OCH3 is 1. The fraction of sp³-hybridized carbons (Fsp3) is 0.706. The van der Waals surface area contributed by atoms with E-state index in [1.165, 1.54) is 11.3 Å². The summed E-state index contributed by atoms with van der Waals surface area (Å²) in [5.41, 5.74) is 2.56. The molecular weight excluding hydrogens is 262 g/mol. The van der Waals surface area contributed by atoms with Crippen molar-refractivity contribution in [1.29, 1.82) is 0 Å². The Kier molecular flexibility index (Phi) is 9.02. The van der Waals surface area contributed by atoms with E-state index in [9.17, 15) is 0 Å². The maximum atomic E-state index is 5.29. The van der Waals surface area contributed by atoms with E-state index in [4.69, 9.17) is 4.74 Å². The minimum atomic E-state index is 0.536. The van der Waals surface area contributed by atoms with E-state index >= 15 is 0 Å². The third-order valence-corrected chi connectivity index (χ3v) is 3.86. The molecule has 0 aliphatic heterocycles. The predicted molar refractivity (Wildman–Crippen MR) is 89.8 cm³/mol. The van der Waals surface area contributed by atoms with Crippen LogP contribution < -0.4 is 10.2 Å². The van der Waals surface area contributed by atoms with Gasteiger partial charge in [0.15, 0.2) is 0 Å². The molecule has 4 nitrogen and oxygen atoms in total. The van der Waals surface area contributed by atoms with Crippen LogP contribution in [-0.2, 0) is 11.3 Å². The molecule has 1 aromatic rings. The van der Waals surface area contributed by atoms with Gasteiger partial charge in [0.2, 0.25) is 0 Å². The molecule has 0 aliphatic rings. The van der Waals surface area contributed by atoms with Gasteiger partial charge in [0.05, 0.1) is 18.5 Å². The molecule has 0 aliphatic carbocycles. The Hall–Kier alpha value is -1.13. The first-order valence-corrected chi connectivity index (χ1v) is 8.17. The Labute approximate surface area is 129 Å². The first kappa shape index (κ1) is 17.9. The summed E-state index contributed by atoms with van der Waals surface area (Å²) in [4.78, 5) is 6.80. The lowest BCUT2D eigenvalue weighted by Crippen LogP contribution is -2.38. The van der Waals surface area contributed by atoms with Crippen LogP contribution in [0, 0.1) is 0 Å². The lowest BCUT2D eigenvalue weighted by molar-refractivity contribution is 0.202. The minimum Gasteiger partial charge on any atom is -0.383 e. The van der Waals surface area contributed by atoms with Gasteiger partial charge in [-0.1, -0.05) is 20.8 Å². The normalized spacial score (nSPS) is 11.1. The van der Waals surface area contributed by atoms with Crippen LogP contribution in [0.15, 0.2) is 18.5 Å². The molecule has 0 spiro atoms. The summed E-state index contributed by atoms with van der Waals surface area (Å²) >= 11 is 0. The molecule has 0 unspecified atom stereocenters. The van der Waals surface area contributed by atoms with Crippen LogP contribution in [0.1, 0.15) is 45.6 Å². The quantitative estimate of drug-likeness (QED) is 0.636. The van der Waals surface area contributed by atoms with Crippen LogP contribution in [0.25, 0.3) is 0 Å². The van der Waals surface area contributed by atoms with Crippen molar-refractivity contribution in [3.8, 4) is 0 Å². The number of hydrogen-bond acceptors (Lipinski definition) is 4. The van der Waals surface area contributed by atoms with Crippen molar-refractivity contribution in [3.63, 3.8) is 0 Å². The smallest absolute Gasteiger partial charge is 0.0637 e. The molecule has 1 N–H and O–H groups in total. The fourth-order valence-corrected chi connectivity index (χ4v) is 2.64. The van der Waals surface area contributed by atoms with Crippen molar-refractivity contribution in [3.05, 3.63) is 24.0 Å². The van der Waals surface area contributed by atoms with Gasteiger partial charge in [-0.3, -0.25) is 4.98 Å². The number of pyridine rings is 1. The van der Waals surface area contributed by atoms with Crippen molar-refractivity contribution < 1.29 is 4.74 Å². The summed E-state index contributed by atoms with van der Waals surface area (Å²) in [6, 6.07) is 2.66. The van der Waals surface area contributed by atoms with E-state index < -0.39 is 0 Å². The van der Waals surface area contributed by atoms with E-state index in [0.29, 0.717) is 6.04 Å². The van der Waals surface area contributed by atoms with Gasteiger partial charge in [-0.05, 0) is 37.4 Å². The predicted octanol–water partition coefficient (Wildman–Crippen LogP) is 3.22. The molecule has 120 valence electrons. The maximum Gasteiger partial charge on any atom is 0.0637 e. The van der Waals surface area contributed by atoms with Gasteiger partial charge in [0, 0.05) is 32.4 Å². The highest BCUT2D eigenvalue weighted by Crippen LogP contribution is 2.24. The average molecular weight is 293 g/mol. The maximum absolute atomic E-state index is 5.29. The molecular formula is C17H31N3O. The lowest BCUT2D eigenvalue weighted by Gasteiger charge is -2.33. The van der Waals surface area contributed by atoms with Crippen LogP contribution in [0.4, 0.5) is 5.69 Å². The first-order valence-electron chi connectivity index (χ1n) is 8.17. The zero-order chi connectivity index (χ0) is 15.5. The van der Waals surface area contributed by atoms with Gasteiger partial charge in [0.25, 0.3) is 0 Å². The number of nitrogens with one attached hydrogen (secondary N) is 1. The molecule has 0 fully saturated rings. The first-order chi connectivity index (χ1) is 10.3. The van der Waals surface area contributed by atoms with Crippen molar-refractivity contribution >= 4 is 5.69 Å². The second-order valence-electron chi connectivity index (χ2n) is 5.34. The molecule has 0 radical (unpaired) electrons. The number of rotatable bonds is 11. The topological polar surface area (TPSA) is 37.4 Å². The summed E-state index contributed by atoms with van der Waals surface area (Å²) in [5, 5.41) is 3.49. The van der Waals surface area contributed by atoms with Gasteiger partial charge in [0.1, 0.15) is 0 Å². The molecule has 1 heterocycles. The highest BCUT2D eigenvalue weighted by Gasteiger charge is 2.18. The van der Waals surface area contributed by atoms with Gasteiger partial charge >= 0.3 is 0 Å². The molecule has 21 heavy (non-hydrogen) atoms. The van der Waals surface area contributed by atoms with E-state index in [2.05, 4.69) is 42.0 Å². The van der Waals surface area contributed by atoms with Crippen molar-refractivity contribution in [2.45, 2.75) is 52.6 Å². The number of hydrogen-bond donors (Lipinski definition) is 1. The second kappa shape index (κ2) is 10.6. The van der Waals surface area contributed by atoms with Crippen LogP contribution in [0.3, 0.4) is 0 Å². The summed E-state index contributed by atoms with van der Waals surface area (Å²) in [7, 11) is 1.76. The van der Waals surface area contributed by atoms with Crippen molar-refractivity contribution in [1.82, 2.24) is 10.3 Å². The lowest BCUT2D eigenvalue weighted by atomic mass is 10.1. The van der Waals surface area contributed by atoms with E-state index in [1.807, 2.05) is 12.4 Å². The molecule has 0 atom stereocenters. The summed E-state index contributed by atoms with van der Waals surface area (Å²) < 4.78 is 5.29. The molecule has 1 aromatic heterocycles. The van der Waals surface area contributed by atoms with Crippen molar-refractivity contribution in [2.24, 2.45) is 0 Å². The highest BCUT2D eigenvalue weighted by atomic mass is 16.5. The van der Waals surface area contributed by atoms with E-state index in [0.717, 1.165) is 45.5 Å². The Morgan fingerprint density at radius 1 is 1.29 bits per heavy atom. The van der Waals surface area contributed by atoms with E-state index in [1.54, 1.807) is 7.11 Å². The number of ether oxygens (including phenoxy) is 1. The molecule has 1 rings (SSSR count). The highest BCUT2D eigenvalue weighted by molar-refractivity contribution is 5.52. The summed E-state index contributed by atoms with van der Waals surface area (Å²) in [6.07, 6.45) is 7.30. The van der Waals surface area contributed by atoms with Crippen LogP contribution in [-0.4, -0.2) is 37.8 Å². The second-order valence-corrected chi connectivity index (χ2v) is 5.34. The molecule has 0 bridgehead atoms. The number of nitrogens with zero attached hydrogens (tertiary/aromatic N) is 2. The largest absolute Gasteiger partial charge is 0.383 e. The molecule has 0 amide bonds. The van der Waals surface area contributed by atoms with E-state index in [-0.39, 0.29) is 0 Å². The number of anilines is 1. The fourth-order valence-electron chi connectivity index (χ4n) is 2.64. The van der Waals surface area contributed by atoms with Gasteiger partial charge in [-0.2, -0.15) is 0 Å². The van der Waals surface area contributed by atoms with Gasteiger partial charge in [-0.25, -0.2) is 0 Å². The molecule has 0 saturated heterocycles. The third kappa shape index (κ3) is 5.64. The van der Waals surface area contributed by atoms with Gasteiger partial charge in [-0.15, -0.1) is 0 Å². The number of aromatic nitrogens is 1. The summed E-state index contributed by atoms with van der Waals surface area (Å²) in [6.45, 7) is 10.3. The van der Waals surface area contributed by atoms with Crippen LogP contribution in [0.5, 0.6) is 0 Å². The molecule has 0 saturated carbocycles.